The van der Waals surface area contributed by atoms with Gasteiger partial charge in [0.15, 0.2) is 5.65 Å². The zero-order valence-corrected chi connectivity index (χ0v) is 11.2. The maximum Gasteiger partial charge on any atom is 0.364 e. The van der Waals surface area contributed by atoms with E-state index in [2.05, 4.69) is 20.6 Å². The Morgan fingerprint density at radius 1 is 1.37 bits per heavy atom. The average molecular weight is 282 g/mol. The third kappa shape index (κ3) is 2.73. The van der Waals surface area contributed by atoms with Crippen LogP contribution in [0.5, 0.6) is 0 Å². The van der Waals surface area contributed by atoms with Gasteiger partial charge in [-0.2, -0.15) is 9.61 Å². The maximum absolute atomic E-state index is 11.4. The number of rotatable bonds is 3. The van der Waals surface area contributed by atoms with Crippen molar-refractivity contribution in [1.82, 2.24) is 19.8 Å². The minimum atomic E-state index is -0.318. The van der Waals surface area contributed by atoms with Crippen molar-refractivity contribution < 1.29 is 0 Å². The number of fused-ring (bicyclic) bond motifs is 1. The SMILES string of the molecule is O=c1[nH]nc2ccc(NCC3CCC(Cl)CC3)nn12. The lowest BCUT2D eigenvalue weighted by atomic mass is 9.89. The van der Waals surface area contributed by atoms with Crippen LogP contribution >= 0.6 is 11.6 Å². The first kappa shape index (κ1) is 12.5. The van der Waals surface area contributed by atoms with Gasteiger partial charge in [0.25, 0.3) is 0 Å². The van der Waals surface area contributed by atoms with Gasteiger partial charge in [-0.05, 0) is 43.7 Å². The first-order valence-corrected chi connectivity index (χ1v) is 6.98. The van der Waals surface area contributed by atoms with Crippen LogP contribution in [-0.4, -0.2) is 31.7 Å². The van der Waals surface area contributed by atoms with E-state index in [1.54, 1.807) is 6.07 Å². The fourth-order valence-corrected chi connectivity index (χ4v) is 2.72. The van der Waals surface area contributed by atoms with Crippen molar-refractivity contribution in [2.24, 2.45) is 5.92 Å². The van der Waals surface area contributed by atoms with E-state index >= 15 is 0 Å². The molecule has 0 saturated heterocycles. The Bertz CT molecular complexity index is 614. The Kier molecular flexibility index (Phi) is 3.42. The Morgan fingerprint density at radius 3 is 2.95 bits per heavy atom. The molecule has 6 nitrogen and oxygen atoms in total. The van der Waals surface area contributed by atoms with Crippen molar-refractivity contribution >= 4 is 23.1 Å². The number of hydrogen-bond donors (Lipinski definition) is 2. The number of alkyl halides is 1. The molecule has 2 N–H and O–H groups in total. The van der Waals surface area contributed by atoms with Gasteiger partial charge in [-0.1, -0.05) is 0 Å². The zero-order chi connectivity index (χ0) is 13.2. The molecule has 0 unspecified atom stereocenters. The molecule has 102 valence electrons. The van der Waals surface area contributed by atoms with Gasteiger partial charge in [-0.15, -0.1) is 16.7 Å². The van der Waals surface area contributed by atoms with Crippen molar-refractivity contribution in [2.45, 2.75) is 31.1 Å². The standard InChI is InChI=1S/C12H16ClN5O/c13-9-3-1-8(2-4-9)7-14-10-5-6-11-15-16-12(19)18(11)17-10/h5-6,8-9H,1-4,7H2,(H,14,17)(H,16,19). The molecule has 0 spiro atoms. The van der Waals surface area contributed by atoms with E-state index in [1.807, 2.05) is 6.07 Å². The second-order valence-electron chi connectivity index (χ2n) is 5.02. The molecule has 2 heterocycles. The summed E-state index contributed by atoms with van der Waals surface area (Å²) >= 11 is 6.09. The molecule has 2 aromatic rings. The Balaban J connectivity index is 1.65. The highest BCUT2D eigenvalue weighted by molar-refractivity contribution is 6.20. The molecule has 2 aromatic heterocycles. The van der Waals surface area contributed by atoms with Crippen LogP contribution in [0.2, 0.25) is 0 Å². The molecule has 0 atom stereocenters. The molecule has 7 heteroatoms. The molecule has 0 radical (unpaired) electrons. The Labute approximate surface area is 115 Å². The van der Waals surface area contributed by atoms with E-state index in [0.29, 0.717) is 22.8 Å². The summed E-state index contributed by atoms with van der Waals surface area (Å²) in [7, 11) is 0. The fourth-order valence-electron chi connectivity index (χ4n) is 2.47. The number of aromatic amines is 1. The maximum atomic E-state index is 11.4. The quantitative estimate of drug-likeness (QED) is 0.839. The van der Waals surface area contributed by atoms with Crippen LogP contribution in [0.15, 0.2) is 16.9 Å². The molecular formula is C12H16ClN5O. The summed E-state index contributed by atoms with van der Waals surface area (Å²) in [5, 5.41) is 14.0. The molecule has 19 heavy (non-hydrogen) atoms. The van der Waals surface area contributed by atoms with E-state index in [0.717, 1.165) is 32.2 Å². The second-order valence-corrected chi connectivity index (χ2v) is 5.63. The average Bonchev–Trinajstić information content (AvgIpc) is 2.80. The van der Waals surface area contributed by atoms with Crippen molar-refractivity contribution in [3.05, 3.63) is 22.6 Å². The molecule has 0 bridgehead atoms. The summed E-state index contributed by atoms with van der Waals surface area (Å²) in [5.74, 6) is 1.33. The van der Waals surface area contributed by atoms with Gasteiger partial charge in [0, 0.05) is 11.9 Å². The third-order valence-electron chi connectivity index (χ3n) is 3.62. The predicted octanol–water partition coefficient (Wildman–Crippen LogP) is 1.63. The van der Waals surface area contributed by atoms with Gasteiger partial charge >= 0.3 is 5.69 Å². The molecule has 0 amide bonds. The van der Waals surface area contributed by atoms with Crippen LogP contribution in [0.1, 0.15) is 25.7 Å². The van der Waals surface area contributed by atoms with Gasteiger partial charge in [0.2, 0.25) is 0 Å². The third-order valence-corrected chi connectivity index (χ3v) is 4.06. The first-order chi connectivity index (χ1) is 9.22. The Hall–Kier alpha value is -1.56. The van der Waals surface area contributed by atoms with E-state index in [1.165, 1.54) is 4.52 Å². The number of aromatic nitrogens is 4. The lowest BCUT2D eigenvalue weighted by Crippen LogP contribution is -2.22. The largest absolute Gasteiger partial charge is 0.368 e. The molecular weight excluding hydrogens is 266 g/mol. The minimum absolute atomic E-state index is 0.318. The van der Waals surface area contributed by atoms with Crippen LogP contribution in [0, 0.1) is 5.92 Å². The normalized spacial score (nSPS) is 23.6. The van der Waals surface area contributed by atoms with Crippen LogP contribution < -0.4 is 11.0 Å². The van der Waals surface area contributed by atoms with Crippen molar-refractivity contribution in [1.29, 1.82) is 0 Å². The lowest BCUT2D eigenvalue weighted by molar-refractivity contribution is 0.377. The molecule has 1 saturated carbocycles. The van der Waals surface area contributed by atoms with Crippen molar-refractivity contribution in [3.63, 3.8) is 0 Å². The highest BCUT2D eigenvalue weighted by atomic mass is 35.5. The molecule has 1 aliphatic rings. The van der Waals surface area contributed by atoms with Crippen LogP contribution in [0.25, 0.3) is 5.65 Å². The monoisotopic (exact) mass is 281 g/mol. The summed E-state index contributed by atoms with van der Waals surface area (Å²) in [4.78, 5) is 11.4. The van der Waals surface area contributed by atoms with Gasteiger partial charge in [-0.25, -0.2) is 9.89 Å². The van der Waals surface area contributed by atoms with E-state index in [4.69, 9.17) is 11.6 Å². The predicted molar refractivity (Wildman–Crippen MR) is 73.7 cm³/mol. The Morgan fingerprint density at radius 2 is 2.16 bits per heavy atom. The summed E-state index contributed by atoms with van der Waals surface area (Å²) in [6.45, 7) is 0.870. The van der Waals surface area contributed by atoms with Crippen LogP contribution in [0.4, 0.5) is 5.82 Å². The molecule has 0 aliphatic heterocycles. The van der Waals surface area contributed by atoms with Crippen LogP contribution in [0.3, 0.4) is 0 Å². The highest BCUT2D eigenvalue weighted by Gasteiger charge is 2.19. The number of H-pyrrole nitrogens is 1. The molecule has 1 aliphatic carbocycles. The minimum Gasteiger partial charge on any atom is -0.368 e. The smallest absolute Gasteiger partial charge is 0.364 e. The van der Waals surface area contributed by atoms with Gasteiger partial charge < -0.3 is 5.32 Å². The first-order valence-electron chi connectivity index (χ1n) is 6.55. The fraction of sp³-hybridized carbons (Fsp3) is 0.583. The summed E-state index contributed by atoms with van der Waals surface area (Å²) in [6, 6.07) is 3.60. The van der Waals surface area contributed by atoms with E-state index < -0.39 is 0 Å². The van der Waals surface area contributed by atoms with E-state index in [9.17, 15) is 4.79 Å². The molecule has 0 aromatic carbocycles. The highest BCUT2D eigenvalue weighted by Crippen LogP contribution is 2.27. The van der Waals surface area contributed by atoms with Crippen molar-refractivity contribution in [2.75, 3.05) is 11.9 Å². The molecule has 3 rings (SSSR count). The lowest BCUT2D eigenvalue weighted by Gasteiger charge is -2.25. The van der Waals surface area contributed by atoms with E-state index in [-0.39, 0.29) is 5.69 Å². The number of hydrogen-bond acceptors (Lipinski definition) is 4. The number of nitrogens with zero attached hydrogens (tertiary/aromatic N) is 3. The topological polar surface area (TPSA) is 75.1 Å². The number of anilines is 1. The number of halogens is 1. The summed E-state index contributed by atoms with van der Waals surface area (Å²) in [5.41, 5.74) is 0.208. The zero-order valence-electron chi connectivity index (χ0n) is 10.5. The molecule has 1 fully saturated rings. The number of nitrogens with one attached hydrogen (secondary N) is 2. The van der Waals surface area contributed by atoms with Crippen LogP contribution in [-0.2, 0) is 0 Å². The van der Waals surface area contributed by atoms with Gasteiger partial charge in [-0.3, -0.25) is 0 Å². The van der Waals surface area contributed by atoms with Gasteiger partial charge in [0.05, 0.1) is 0 Å². The second kappa shape index (κ2) is 5.21. The summed E-state index contributed by atoms with van der Waals surface area (Å²) < 4.78 is 1.26. The van der Waals surface area contributed by atoms with Gasteiger partial charge in [0.1, 0.15) is 5.82 Å². The summed E-state index contributed by atoms with van der Waals surface area (Å²) in [6.07, 6.45) is 4.47. The van der Waals surface area contributed by atoms with Crippen molar-refractivity contribution in [3.8, 4) is 0 Å².